The van der Waals surface area contributed by atoms with E-state index in [1.54, 1.807) is 36.4 Å². The van der Waals surface area contributed by atoms with E-state index in [-0.39, 0.29) is 11.4 Å². The van der Waals surface area contributed by atoms with E-state index in [9.17, 15) is 13.5 Å². The number of benzene rings is 3. The molecule has 1 saturated heterocycles. The number of morpholine rings is 1. The summed E-state index contributed by atoms with van der Waals surface area (Å²) in [7, 11) is -3.85. The van der Waals surface area contributed by atoms with E-state index in [1.807, 2.05) is 36.4 Å². The second kappa shape index (κ2) is 9.14. The van der Waals surface area contributed by atoms with Crippen LogP contribution in [0.1, 0.15) is 0 Å². The molecule has 1 fully saturated rings. The summed E-state index contributed by atoms with van der Waals surface area (Å²) >= 11 is 0. The van der Waals surface area contributed by atoms with Crippen molar-refractivity contribution in [3.05, 3.63) is 72.8 Å². The zero-order valence-corrected chi connectivity index (χ0v) is 17.5. The highest BCUT2D eigenvalue weighted by molar-refractivity contribution is 7.92. The molecule has 7 heteroatoms. The van der Waals surface area contributed by atoms with Crippen LogP contribution in [0.25, 0.3) is 10.8 Å². The highest BCUT2D eigenvalue weighted by Crippen LogP contribution is 2.26. The average molecular weight is 427 g/mol. The molecule has 0 aliphatic carbocycles. The molecule has 1 aliphatic heterocycles. The monoisotopic (exact) mass is 426 g/mol. The van der Waals surface area contributed by atoms with Gasteiger partial charge in [-0.15, -0.1) is 0 Å². The summed E-state index contributed by atoms with van der Waals surface area (Å²) in [6.07, 6.45) is -0.821. The van der Waals surface area contributed by atoms with Gasteiger partial charge in [-0.2, -0.15) is 0 Å². The number of hydrogen-bond donors (Lipinski definition) is 1. The Kier molecular flexibility index (Phi) is 6.34. The Balaban J connectivity index is 1.64. The molecule has 0 amide bonds. The molecule has 0 bridgehead atoms. The van der Waals surface area contributed by atoms with Crippen molar-refractivity contribution in [2.75, 3.05) is 43.7 Å². The third-order valence-corrected chi connectivity index (χ3v) is 7.09. The molecule has 0 saturated carbocycles. The zero-order chi connectivity index (χ0) is 21.0. The number of para-hydroxylation sites is 1. The number of fused-ring (bicyclic) bond motifs is 1. The molecular formula is C23H26N2O4S. The Hall–Kier alpha value is -2.45. The van der Waals surface area contributed by atoms with Gasteiger partial charge in [-0.3, -0.25) is 9.21 Å². The van der Waals surface area contributed by atoms with E-state index < -0.39 is 16.1 Å². The molecule has 1 heterocycles. The van der Waals surface area contributed by atoms with E-state index in [0.717, 1.165) is 23.9 Å². The Morgan fingerprint density at radius 2 is 1.60 bits per heavy atom. The Labute approximate surface area is 177 Å². The van der Waals surface area contributed by atoms with Crippen molar-refractivity contribution in [2.45, 2.75) is 11.0 Å². The molecule has 0 spiro atoms. The van der Waals surface area contributed by atoms with Crippen molar-refractivity contribution in [3.63, 3.8) is 0 Å². The summed E-state index contributed by atoms with van der Waals surface area (Å²) in [6, 6.07) is 21.7. The van der Waals surface area contributed by atoms with Gasteiger partial charge in [0.2, 0.25) is 0 Å². The van der Waals surface area contributed by atoms with Gasteiger partial charge in [0.15, 0.2) is 0 Å². The quantitative estimate of drug-likeness (QED) is 0.629. The summed E-state index contributed by atoms with van der Waals surface area (Å²) in [6.45, 7) is 3.12. The van der Waals surface area contributed by atoms with Crippen molar-refractivity contribution < 1.29 is 18.3 Å². The molecule has 158 valence electrons. The first-order valence-electron chi connectivity index (χ1n) is 10.1. The molecular weight excluding hydrogens is 400 g/mol. The van der Waals surface area contributed by atoms with Crippen molar-refractivity contribution in [3.8, 4) is 0 Å². The zero-order valence-electron chi connectivity index (χ0n) is 16.7. The first kappa shape index (κ1) is 20.8. The van der Waals surface area contributed by atoms with Gasteiger partial charge in [0.05, 0.1) is 36.4 Å². The van der Waals surface area contributed by atoms with Crippen LogP contribution in [0.4, 0.5) is 5.69 Å². The predicted octanol–water partition coefficient (Wildman–Crippen LogP) is 2.73. The third-order valence-electron chi connectivity index (χ3n) is 5.30. The van der Waals surface area contributed by atoms with Gasteiger partial charge in [-0.25, -0.2) is 8.42 Å². The molecule has 3 aromatic rings. The Bertz CT molecular complexity index is 1080. The molecule has 0 unspecified atom stereocenters. The number of anilines is 1. The number of ether oxygens (including phenoxy) is 1. The maximum atomic E-state index is 13.6. The van der Waals surface area contributed by atoms with Crippen LogP contribution >= 0.6 is 0 Å². The van der Waals surface area contributed by atoms with Crippen LogP contribution in [0.5, 0.6) is 0 Å². The summed E-state index contributed by atoms with van der Waals surface area (Å²) in [5.74, 6) is 0. The van der Waals surface area contributed by atoms with Crippen molar-refractivity contribution >= 4 is 26.5 Å². The minimum absolute atomic E-state index is 0.0173. The van der Waals surface area contributed by atoms with Crippen LogP contribution < -0.4 is 4.31 Å². The second-order valence-electron chi connectivity index (χ2n) is 7.45. The molecule has 3 aromatic carbocycles. The molecule has 1 N–H and O–H groups in total. The van der Waals surface area contributed by atoms with Crippen LogP contribution in [-0.4, -0.2) is 63.9 Å². The molecule has 6 nitrogen and oxygen atoms in total. The van der Waals surface area contributed by atoms with Gasteiger partial charge in [-0.05, 0) is 35.0 Å². The maximum Gasteiger partial charge on any atom is 0.264 e. The molecule has 4 rings (SSSR count). The van der Waals surface area contributed by atoms with Crippen molar-refractivity contribution in [1.29, 1.82) is 0 Å². The van der Waals surface area contributed by atoms with Crippen molar-refractivity contribution in [1.82, 2.24) is 4.90 Å². The lowest BCUT2D eigenvalue weighted by molar-refractivity contribution is 0.0166. The Morgan fingerprint density at radius 3 is 2.33 bits per heavy atom. The molecule has 30 heavy (non-hydrogen) atoms. The van der Waals surface area contributed by atoms with Crippen LogP contribution in [0.15, 0.2) is 77.7 Å². The predicted molar refractivity (Wildman–Crippen MR) is 118 cm³/mol. The standard InChI is InChI=1S/C23H26N2O4S/c26-22(17-24-12-14-29-15-13-24)18-25(21-8-2-1-3-9-21)30(27,28)23-11-10-19-6-4-5-7-20(19)16-23/h1-11,16,22,26H,12-15,17-18H2/t22-/m1/s1. The Morgan fingerprint density at radius 1 is 0.933 bits per heavy atom. The summed E-state index contributed by atoms with van der Waals surface area (Å²) in [5, 5.41) is 12.6. The van der Waals surface area contributed by atoms with Crippen molar-refractivity contribution in [2.24, 2.45) is 0 Å². The van der Waals surface area contributed by atoms with E-state index in [1.165, 1.54) is 4.31 Å². The molecule has 1 aliphatic rings. The number of hydrogen-bond acceptors (Lipinski definition) is 5. The maximum absolute atomic E-state index is 13.6. The normalized spacial score (nSPS) is 16.4. The lowest BCUT2D eigenvalue weighted by Gasteiger charge is -2.31. The summed E-state index contributed by atoms with van der Waals surface area (Å²) < 4.78 is 33.8. The van der Waals surface area contributed by atoms with E-state index in [2.05, 4.69) is 4.90 Å². The lowest BCUT2D eigenvalue weighted by Crippen LogP contribution is -2.46. The summed E-state index contributed by atoms with van der Waals surface area (Å²) in [5.41, 5.74) is 0.534. The lowest BCUT2D eigenvalue weighted by atomic mass is 10.1. The highest BCUT2D eigenvalue weighted by atomic mass is 32.2. The number of β-amino-alcohol motifs (C(OH)–C–C–N with tert-alkyl or cyclic N) is 1. The average Bonchev–Trinajstić information content (AvgIpc) is 2.78. The number of aliphatic hydroxyl groups is 1. The fourth-order valence-corrected chi connectivity index (χ4v) is 5.26. The van der Waals surface area contributed by atoms with E-state index >= 15 is 0 Å². The SMILES string of the molecule is O=S(=O)(c1ccc2ccccc2c1)N(C[C@H](O)CN1CCOCC1)c1ccccc1. The van der Waals surface area contributed by atoms with Gasteiger partial charge in [0.1, 0.15) is 0 Å². The van der Waals surface area contributed by atoms with Crippen LogP contribution in [0.3, 0.4) is 0 Å². The number of aliphatic hydroxyl groups excluding tert-OH is 1. The number of nitrogens with zero attached hydrogens (tertiary/aromatic N) is 2. The fourth-order valence-electron chi connectivity index (χ4n) is 3.72. The smallest absolute Gasteiger partial charge is 0.264 e. The molecule has 0 aromatic heterocycles. The first-order chi connectivity index (χ1) is 14.5. The first-order valence-corrected chi connectivity index (χ1v) is 11.5. The van der Waals surface area contributed by atoms with Crippen LogP contribution in [0, 0.1) is 0 Å². The highest BCUT2D eigenvalue weighted by Gasteiger charge is 2.28. The summed E-state index contributed by atoms with van der Waals surface area (Å²) in [4.78, 5) is 2.31. The number of rotatable bonds is 7. The number of sulfonamides is 1. The van der Waals surface area contributed by atoms with Gasteiger partial charge >= 0.3 is 0 Å². The third kappa shape index (κ3) is 4.65. The molecule has 1 atom stereocenters. The minimum atomic E-state index is -3.85. The van der Waals surface area contributed by atoms with Gasteiger partial charge in [-0.1, -0.05) is 48.5 Å². The van der Waals surface area contributed by atoms with E-state index in [0.29, 0.717) is 25.4 Å². The largest absolute Gasteiger partial charge is 0.390 e. The molecule has 0 radical (unpaired) electrons. The van der Waals surface area contributed by atoms with Crippen LogP contribution in [-0.2, 0) is 14.8 Å². The fraction of sp³-hybridized carbons (Fsp3) is 0.304. The topological polar surface area (TPSA) is 70.1 Å². The second-order valence-corrected chi connectivity index (χ2v) is 9.31. The van der Waals surface area contributed by atoms with E-state index in [4.69, 9.17) is 4.74 Å². The van der Waals surface area contributed by atoms with Crippen LogP contribution in [0.2, 0.25) is 0 Å². The van der Waals surface area contributed by atoms with Gasteiger partial charge in [0, 0.05) is 19.6 Å². The van der Waals surface area contributed by atoms with Gasteiger partial charge < -0.3 is 9.84 Å². The minimum Gasteiger partial charge on any atom is -0.390 e. The van der Waals surface area contributed by atoms with Gasteiger partial charge in [0.25, 0.3) is 10.0 Å².